The van der Waals surface area contributed by atoms with Crippen molar-refractivity contribution in [3.63, 3.8) is 0 Å². The summed E-state index contributed by atoms with van der Waals surface area (Å²) in [6.45, 7) is 1.65. The van der Waals surface area contributed by atoms with Crippen LogP contribution in [0.1, 0.15) is 25.7 Å². The largest absolute Gasteiger partial charge is 0.383 e. The molecule has 2 atom stereocenters. The molecule has 4 N–H and O–H groups in total. The van der Waals surface area contributed by atoms with E-state index in [1.54, 1.807) is 7.11 Å². The lowest BCUT2D eigenvalue weighted by Gasteiger charge is -2.37. The van der Waals surface area contributed by atoms with Gasteiger partial charge in [-0.25, -0.2) is 4.79 Å². The summed E-state index contributed by atoms with van der Waals surface area (Å²) in [5.74, 6) is 0.140. The summed E-state index contributed by atoms with van der Waals surface area (Å²) in [5, 5.41) is 4.88. The van der Waals surface area contributed by atoms with Crippen LogP contribution in [0, 0.1) is 5.92 Å². The average Bonchev–Trinajstić information content (AvgIpc) is 2.47. The Kier molecular flexibility index (Phi) is 8.26. The Morgan fingerprint density at radius 3 is 2.71 bits per heavy atom. The number of urea groups is 1. The molecule has 122 valence electrons. The van der Waals surface area contributed by atoms with Gasteiger partial charge in [0.1, 0.15) is 0 Å². The van der Waals surface area contributed by atoms with Crippen molar-refractivity contribution in [1.29, 1.82) is 0 Å². The molecule has 0 spiro atoms. The molecule has 0 aromatic heterocycles. The molecule has 1 fully saturated rings. The smallest absolute Gasteiger partial charge is 0.321 e. The maximum Gasteiger partial charge on any atom is 0.321 e. The Hall–Kier alpha value is -1.18. The van der Waals surface area contributed by atoms with Crippen LogP contribution in [0.5, 0.6) is 0 Å². The second-order valence-electron chi connectivity index (χ2n) is 5.56. The number of rotatable bonds is 7. The molecule has 21 heavy (non-hydrogen) atoms. The van der Waals surface area contributed by atoms with Crippen molar-refractivity contribution in [2.75, 3.05) is 40.4 Å². The molecule has 1 rings (SSSR count). The summed E-state index contributed by atoms with van der Waals surface area (Å²) in [5.41, 5.74) is 5.81. The van der Waals surface area contributed by atoms with E-state index in [0.717, 1.165) is 12.8 Å². The van der Waals surface area contributed by atoms with Crippen molar-refractivity contribution >= 4 is 11.9 Å². The van der Waals surface area contributed by atoms with Crippen molar-refractivity contribution in [2.45, 2.75) is 31.7 Å². The molecule has 0 aliphatic heterocycles. The predicted molar refractivity (Wildman–Crippen MR) is 80.8 cm³/mol. The fraction of sp³-hybridized carbons (Fsp3) is 0.857. The number of hydrogen-bond donors (Lipinski definition) is 3. The lowest BCUT2D eigenvalue weighted by Crippen LogP contribution is -2.49. The van der Waals surface area contributed by atoms with E-state index in [1.807, 2.05) is 11.9 Å². The SMILES string of the molecule is COCCNC(=O)NC(=O)CN(C)C1CCCCC1CN. The first-order chi connectivity index (χ1) is 10.1. The van der Waals surface area contributed by atoms with Crippen LogP contribution in [-0.4, -0.2) is 63.3 Å². The van der Waals surface area contributed by atoms with Gasteiger partial charge in [0.2, 0.25) is 5.91 Å². The molecule has 0 bridgehead atoms. The Bertz CT molecular complexity index is 338. The van der Waals surface area contributed by atoms with Crippen molar-refractivity contribution < 1.29 is 14.3 Å². The van der Waals surface area contributed by atoms with Crippen molar-refractivity contribution in [3.05, 3.63) is 0 Å². The monoisotopic (exact) mass is 300 g/mol. The van der Waals surface area contributed by atoms with Gasteiger partial charge in [-0.3, -0.25) is 15.0 Å². The second kappa shape index (κ2) is 9.70. The zero-order valence-electron chi connectivity index (χ0n) is 13.1. The van der Waals surface area contributed by atoms with Gasteiger partial charge in [0.05, 0.1) is 13.2 Å². The molecule has 3 amide bonds. The van der Waals surface area contributed by atoms with E-state index in [1.165, 1.54) is 12.8 Å². The summed E-state index contributed by atoms with van der Waals surface area (Å²) in [6, 6.07) is -0.157. The van der Waals surface area contributed by atoms with Gasteiger partial charge in [-0.15, -0.1) is 0 Å². The minimum atomic E-state index is -0.482. The number of imide groups is 1. The third-order valence-corrected chi connectivity index (χ3v) is 3.98. The Morgan fingerprint density at radius 1 is 1.33 bits per heavy atom. The molecule has 1 aliphatic carbocycles. The molecule has 0 aromatic carbocycles. The first-order valence-electron chi connectivity index (χ1n) is 7.55. The first-order valence-corrected chi connectivity index (χ1v) is 7.55. The number of ether oxygens (including phenoxy) is 1. The molecule has 0 aromatic rings. The molecule has 0 heterocycles. The van der Waals surface area contributed by atoms with Crippen LogP contribution in [0.3, 0.4) is 0 Å². The van der Waals surface area contributed by atoms with Crippen molar-refractivity contribution in [2.24, 2.45) is 11.7 Å². The number of methoxy groups -OCH3 is 1. The van der Waals surface area contributed by atoms with Gasteiger partial charge in [0, 0.05) is 19.7 Å². The van der Waals surface area contributed by atoms with Gasteiger partial charge in [0.15, 0.2) is 0 Å². The third-order valence-electron chi connectivity index (χ3n) is 3.98. The first kappa shape index (κ1) is 17.9. The van der Waals surface area contributed by atoms with Crippen molar-refractivity contribution in [3.8, 4) is 0 Å². The average molecular weight is 300 g/mol. The van der Waals surface area contributed by atoms with E-state index < -0.39 is 6.03 Å². The topological polar surface area (TPSA) is 96.7 Å². The summed E-state index contributed by atoms with van der Waals surface area (Å²) in [6.07, 6.45) is 4.56. The van der Waals surface area contributed by atoms with Crippen LogP contribution < -0.4 is 16.4 Å². The van der Waals surface area contributed by atoms with Crippen LogP contribution in [0.15, 0.2) is 0 Å². The Morgan fingerprint density at radius 2 is 2.05 bits per heavy atom. The highest BCUT2D eigenvalue weighted by Gasteiger charge is 2.28. The number of hydrogen-bond acceptors (Lipinski definition) is 5. The molecule has 1 aliphatic rings. The van der Waals surface area contributed by atoms with Gasteiger partial charge in [0.25, 0.3) is 0 Å². The van der Waals surface area contributed by atoms with Gasteiger partial charge >= 0.3 is 6.03 Å². The van der Waals surface area contributed by atoms with Gasteiger partial charge in [-0.05, 0) is 32.4 Å². The summed E-state index contributed by atoms with van der Waals surface area (Å²) >= 11 is 0. The van der Waals surface area contributed by atoms with Crippen molar-refractivity contribution in [1.82, 2.24) is 15.5 Å². The quantitative estimate of drug-likeness (QED) is 0.571. The van der Waals surface area contributed by atoms with E-state index in [2.05, 4.69) is 10.6 Å². The highest BCUT2D eigenvalue weighted by Crippen LogP contribution is 2.26. The van der Waals surface area contributed by atoms with E-state index in [0.29, 0.717) is 31.7 Å². The molecule has 7 heteroatoms. The summed E-state index contributed by atoms with van der Waals surface area (Å²) in [4.78, 5) is 25.3. The molecule has 0 radical (unpaired) electrons. The second-order valence-corrected chi connectivity index (χ2v) is 5.56. The normalized spacial score (nSPS) is 22.1. The van der Waals surface area contributed by atoms with Crippen LogP contribution in [-0.2, 0) is 9.53 Å². The van der Waals surface area contributed by atoms with E-state index in [9.17, 15) is 9.59 Å². The van der Waals surface area contributed by atoms with Crippen LogP contribution in [0.25, 0.3) is 0 Å². The summed E-state index contributed by atoms with van der Waals surface area (Å²) < 4.78 is 4.82. The highest BCUT2D eigenvalue weighted by molar-refractivity contribution is 5.95. The van der Waals surface area contributed by atoms with Crippen LogP contribution in [0.2, 0.25) is 0 Å². The zero-order valence-corrected chi connectivity index (χ0v) is 13.1. The lowest BCUT2D eigenvalue weighted by molar-refractivity contribution is -0.121. The Balaban J connectivity index is 2.33. The molecular formula is C14H28N4O3. The van der Waals surface area contributed by atoms with E-state index in [4.69, 9.17) is 10.5 Å². The van der Waals surface area contributed by atoms with E-state index in [-0.39, 0.29) is 12.5 Å². The van der Waals surface area contributed by atoms with Crippen LogP contribution >= 0.6 is 0 Å². The maximum atomic E-state index is 11.9. The van der Waals surface area contributed by atoms with Gasteiger partial charge < -0.3 is 15.8 Å². The summed E-state index contributed by atoms with van der Waals surface area (Å²) in [7, 11) is 3.47. The third kappa shape index (κ3) is 6.41. The fourth-order valence-corrected chi connectivity index (χ4v) is 2.86. The number of amides is 3. The van der Waals surface area contributed by atoms with Gasteiger partial charge in [-0.2, -0.15) is 0 Å². The molecule has 1 saturated carbocycles. The number of nitrogens with two attached hydrogens (primary N) is 1. The molecule has 7 nitrogen and oxygen atoms in total. The number of carbonyl (C=O) groups excluding carboxylic acids is 2. The lowest BCUT2D eigenvalue weighted by atomic mass is 9.84. The van der Waals surface area contributed by atoms with Crippen LogP contribution in [0.4, 0.5) is 4.79 Å². The number of likely N-dealkylation sites (N-methyl/N-ethyl adjacent to an activating group) is 1. The van der Waals surface area contributed by atoms with Gasteiger partial charge in [-0.1, -0.05) is 12.8 Å². The number of carbonyl (C=O) groups is 2. The molecule has 2 unspecified atom stereocenters. The molecule has 0 saturated heterocycles. The highest BCUT2D eigenvalue weighted by atomic mass is 16.5. The zero-order chi connectivity index (χ0) is 15.7. The fourth-order valence-electron chi connectivity index (χ4n) is 2.86. The number of nitrogens with one attached hydrogen (secondary N) is 2. The Labute approximate surface area is 126 Å². The molecular weight excluding hydrogens is 272 g/mol. The predicted octanol–water partition coefficient (Wildman–Crippen LogP) is -0.0921. The van der Waals surface area contributed by atoms with E-state index >= 15 is 0 Å². The standard InChI is InChI=1S/C14H28N4O3/c1-18(12-6-4-3-5-11(12)9-15)10-13(19)17-14(20)16-7-8-21-2/h11-12H,3-10,15H2,1-2H3,(H2,16,17,19,20). The minimum absolute atomic E-state index is 0.207. The maximum absolute atomic E-state index is 11.9. The number of nitrogens with zero attached hydrogens (tertiary/aromatic N) is 1. The minimum Gasteiger partial charge on any atom is -0.383 e.